The number of ether oxygens (including phenoxy) is 2. The number of anilines is 12. The van der Waals surface area contributed by atoms with Gasteiger partial charge in [-0.1, -0.05) is 50.7 Å². The number of carbonyl (C=O) groups excluding carboxylic acids is 4. The summed E-state index contributed by atoms with van der Waals surface area (Å²) >= 11 is 0. The Hall–Kier alpha value is -14.1. The molecule has 40 heteroatoms. The van der Waals surface area contributed by atoms with Crippen LogP contribution in [0, 0.1) is 12.4 Å². The van der Waals surface area contributed by atoms with E-state index in [1.165, 1.54) is 90.1 Å². The van der Waals surface area contributed by atoms with Crippen LogP contribution >= 0.6 is 0 Å². The summed E-state index contributed by atoms with van der Waals surface area (Å²) in [6.07, 6.45) is 31.7. The fourth-order valence-corrected chi connectivity index (χ4v) is 14.0. The first kappa shape index (κ1) is 84.8. The summed E-state index contributed by atoms with van der Waals surface area (Å²) in [4.78, 5) is 92.8. The molecule has 16 rings (SSSR count). The minimum Gasteiger partial charge on any atom is -0.494 e. The lowest BCUT2D eigenvalue weighted by atomic mass is 9.91. The van der Waals surface area contributed by atoms with Gasteiger partial charge in [0, 0.05) is 102 Å². The zero-order chi connectivity index (χ0) is 84.9. The van der Waals surface area contributed by atoms with E-state index >= 15 is 0 Å². The van der Waals surface area contributed by atoms with Crippen LogP contribution in [0.4, 0.5) is 79.9 Å². The van der Waals surface area contributed by atoms with Crippen molar-refractivity contribution in [2.45, 2.75) is 160 Å². The normalized spacial score (nSPS) is 18.6. The van der Waals surface area contributed by atoms with E-state index in [-0.39, 0.29) is 77.2 Å². The number of benzene rings is 4. The molecular formula is C81H94FN33O6. The van der Waals surface area contributed by atoms with E-state index in [2.05, 4.69) is 128 Å². The van der Waals surface area contributed by atoms with Crippen molar-refractivity contribution in [3.8, 4) is 28.5 Å². The number of hydrogen-bond acceptors (Lipinski definition) is 34. The minimum atomic E-state index is -0.472. The average Bonchev–Trinajstić information content (AvgIpc) is 1.15. The Morgan fingerprint density at radius 3 is 1.17 bits per heavy atom. The highest BCUT2D eigenvalue weighted by Gasteiger charge is 2.29. The van der Waals surface area contributed by atoms with Crippen LogP contribution in [0.1, 0.15) is 153 Å². The molecule has 16 N–H and O–H groups in total. The van der Waals surface area contributed by atoms with Gasteiger partial charge in [-0.05, 0) is 139 Å². The predicted octanol–water partition coefficient (Wildman–Crippen LogP) is 10.3. The van der Waals surface area contributed by atoms with Crippen LogP contribution < -0.4 is 70.2 Å². The summed E-state index contributed by atoms with van der Waals surface area (Å²) in [5.74, 6) is 2.73. The second-order valence-corrected chi connectivity index (χ2v) is 29.1. The number of methoxy groups -OCH3 is 1. The highest BCUT2D eigenvalue weighted by molar-refractivity contribution is 6.01. The Morgan fingerprint density at radius 2 is 0.777 bits per heavy atom. The molecule has 626 valence electrons. The van der Waals surface area contributed by atoms with Crippen molar-refractivity contribution in [1.82, 2.24) is 99.8 Å². The molecule has 0 spiro atoms. The number of rotatable bonds is 25. The summed E-state index contributed by atoms with van der Waals surface area (Å²) in [7, 11) is 1.58. The van der Waals surface area contributed by atoms with Gasteiger partial charge in [0.2, 0.25) is 29.5 Å². The number of nitrogens with zero attached hydrogens (tertiary/aromatic N) is 21. The summed E-state index contributed by atoms with van der Waals surface area (Å²) in [5, 5.41) is 58.6. The van der Waals surface area contributed by atoms with Crippen LogP contribution in [0.15, 0.2) is 153 Å². The van der Waals surface area contributed by atoms with E-state index in [1.54, 1.807) is 80.7 Å². The molecule has 8 aromatic heterocycles. The first-order chi connectivity index (χ1) is 58.7. The smallest absolute Gasteiger partial charge is 0.224 e. The molecule has 12 aromatic rings. The summed E-state index contributed by atoms with van der Waals surface area (Å²) < 4.78 is 25.0. The summed E-state index contributed by atoms with van der Waals surface area (Å²) in [6.45, 7) is 14.4. The molecule has 0 unspecified atom stereocenters. The number of halogens is 1. The van der Waals surface area contributed by atoms with Gasteiger partial charge in [0.25, 0.3) is 0 Å². The van der Waals surface area contributed by atoms with Gasteiger partial charge in [-0.2, -0.15) is 70.3 Å². The highest BCUT2D eigenvalue weighted by atomic mass is 19.1. The van der Waals surface area contributed by atoms with Crippen LogP contribution in [0.2, 0.25) is 0 Å². The van der Waals surface area contributed by atoms with E-state index in [0.29, 0.717) is 122 Å². The van der Waals surface area contributed by atoms with Gasteiger partial charge in [0.05, 0.1) is 103 Å². The third-order valence-electron chi connectivity index (χ3n) is 20.5. The van der Waals surface area contributed by atoms with Gasteiger partial charge in [0.15, 0.2) is 29.0 Å². The molecule has 1 saturated heterocycles. The molecule has 0 bridgehead atoms. The molecule has 121 heavy (non-hydrogen) atoms. The Labute approximate surface area is 694 Å². The SMILES string of the molecule is CC(=O)c1cnc(N[C@@H]2CCCC[C@@H]2N)nc1Nc1ccc(F)c(-n2nccn2)c1.CC(=O)c1cnc(N[C@@H]2CCOC[C@@H]2N)nc1Nc1cccc(-n2nccn2)c1.COc1ccc(Nc2nc(N[C@@H]3CCCC[C@@H]3N)ncc2C(C)=O)cc1-n1nccn1.[C-]#[N+]c1ccc(Nc2nc(N[C@@H]3CCCC[C@@H]3N)ncc2C(C)=O)cc1-n1nccn1. The van der Waals surface area contributed by atoms with Crippen molar-refractivity contribution in [3.63, 3.8) is 0 Å². The predicted molar refractivity (Wildman–Crippen MR) is 452 cm³/mol. The molecule has 4 aliphatic rings. The number of hydrogen-bond donors (Lipinski definition) is 12. The van der Waals surface area contributed by atoms with Crippen molar-refractivity contribution in [3.05, 3.63) is 193 Å². The monoisotopic (exact) mass is 1640 g/mol. The minimum absolute atomic E-state index is 0.00833. The van der Waals surface area contributed by atoms with Crippen LogP contribution in [0.5, 0.6) is 5.75 Å². The fourth-order valence-electron chi connectivity index (χ4n) is 14.0. The molecule has 4 aromatic carbocycles. The second kappa shape index (κ2) is 40.3. The fraction of sp³-hybridized carbons (Fsp3) is 0.346. The lowest BCUT2D eigenvalue weighted by Crippen LogP contribution is -2.47. The molecule has 39 nitrogen and oxygen atoms in total. The first-order valence-electron chi connectivity index (χ1n) is 39.5. The van der Waals surface area contributed by atoms with Gasteiger partial charge in [0.1, 0.15) is 40.4 Å². The highest BCUT2D eigenvalue weighted by Crippen LogP contribution is 2.34. The number of carbonyl (C=O) groups is 4. The van der Waals surface area contributed by atoms with Gasteiger partial charge in [-0.15, -0.1) is 9.59 Å². The number of ketones is 4. The van der Waals surface area contributed by atoms with Crippen molar-refractivity contribution in [2.75, 3.05) is 62.9 Å². The van der Waals surface area contributed by atoms with Crippen molar-refractivity contribution in [1.29, 1.82) is 0 Å². The molecule has 8 atom stereocenters. The maximum Gasteiger partial charge on any atom is 0.224 e. The zero-order valence-corrected chi connectivity index (χ0v) is 67.2. The Morgan fingerprint density at radius 1 is 0.430 bits per heavy atom. The van der Waals surface area contributed by atoms with E-state index in [0.717, 1.165) is 94.8 Å². The first-order valence-corrected chi connectivity index (χ1v) is 39.5. The number of nitrogens with two attached hydrogens (primary N) is 4. The average molecular weight is 1640 g/mol. The second-order valence-electron chi connectivity index (χ2n) is 29.1. The largest absolute Gasteiger partial charge is 0.494 e. The quantitative estimate of drug-likeness (QED) is 0.0187. The Bertz CT molecular complexity index is 5560. The Balaban J connectivity index is 0.000000139. The van der Waals surface area contributed by atoms with Crippen LogP contribution in [-0.4, -0.2) is 192 Å². The molecular weight excluding hydrogens is 1550 g/mol. The topological polar surface area (TPSA) is 517 Å². The number of Topliss-reactive ketones (excluding diaryl/α,β-unsaturated/α-hetero) is 4. The lowest BCUT2D eigenvalue weighted by molar-refractivity contribution is 0.0751. The summed E-state index contributed by atoms with van der Waals surface area (Å²) in [5.41, 5.74) is 31.4. The maximum atomic E-state index is 14.2. The summed E-state index contributed by atoms with van der Waals surface area (Å²) in [6, 6.07) is 22.8. The van der Waals surface area contributed by atoms with Gasteiger partial charge < -0.3 is 74.9 Å². The van der Waals surface area contributed by atoms with Crippen LogP contribution in [0.3, 0.4) is 0 Å². The number of aromatic nitrogens is 20. The van der Waals surface area contributed by atoms with E-state index < -0.39 is 5.82 Å². The standard InChI is InChI=1S/C21H23N9O.C21H26N8O2.C20H23FN8O.C19H22N8O2/c1-13(31)15-12-24-21(28-17-6-4-3-5-16(17)22)29-20(15)27-14-7-8-18(23-2)19(11-14)30-25-9-10-26-30;1-13(30)15-12-23-21(27-17-6-4-3-5-16(17)22)28-20(15)26-14-7-8-19(31-2)18(11-14)29-24-9-10-25-29;1-12(30)14-11-23-20(27-17-5-3-2-4-16(17)22)28-19(14)26-13-6-7-15(21)18(10-13)29-24-8-9-25-29;1-12(28)15-10-21-19(25-17-5-8-29-11-16(17)20)26-18(15)24-13-3-2-4-14(9-13)27-22-6-7-23-27/h7-12,16-17H,3-6,22H2,1H3,(H2,24,27,28,29);7-12,16-17H,3-6,22H2,1-2H3,(H2,23,26,27,28);6-11,16-17H,2-5,22H2,1H3,(H2,23,26,27,28);2-4,6-7,9-10,16-17H,5,8,11,20H2,1H3,(H2,21,24,25,26)/t4*16-,17+/m0000/s1. The van der Waals surface area contributed by atoms with Gasteiger partial charge in [-0.25, -0.2) is 29.2 Å². The molecule has 9 heterocycles. The number of nitrogens with one attached hydrogen (secondary N) is 8. The van der Waals surface area contributed by atoms with Crippen LogP contribution in [0.25, 0.3) is 27.6 Å². The Kier molecular flexibility index (Phi) is 28.3. The lowest BCUT2D eigenvalue weighted by Gasteiger charge is -2.29. The zero-order valence-electron chi connectivity index (χ0n) is 67.2. The van der Waals surface area contributed by atoms with Crippen molar-refractivity contribution < 1.29 is 33.0 Å². The maximum absolute atomic E-state index is 14.2. The van der Waals surface area contributed by atoms with E-state index in [4.69, 9.17) is 39.0 Å². The van der Waals surface area contributed by atoms with E-state index in [1.807, 2.05) is 36.4 Å². The molecule has 0 amide bonds. The van der Waals surface area contributed by atoms with Crippen LogP contribution in [-0.2, 0) is 4.74 Å². The third-order valence-corrected chi connectivity index (χ3v) is 20.5. The molecule has 0 radical (unpaired) electrons. The van der Waals surface area contributed by atoms with Gasteiger partial charge in [-0.3, -0.25) is 19.2 Å². The molecule has 3 saturated carbocycles. The molecule has 3 aliphatic carbocycles. The third kappa shape index (κ3) is 22.2. The molecule has 4 fully saturated rings. The molecule has 1 aliphatic heterocycles. The van der Waals surface area contributed by atoms with Crippen molar-refractivity contribution in [2.24, 2.45) is 22.9 Å². The van der Waals surface area contributed by atoms with E-state index in [9.17, 15) is 23.6 Å². The van der Waals surface area contributed by atoms with Crippen molar-refractivity contribution >= 4 is 98.6 Å². The van der Waals surface area contributed by atoms with Gasteiger partial charge >= 0.3 is 0 Å².